The molecule has 1 atom stereocenters. The zero-order valence-corrected chi connectivity index (χ0v) is 10.5. The molecule has 1 rings (SSSR count). The first-order valence-corrected chi connectivity index (χ1v) is 5.97. The van der Waals surface area contributed by atoms with Crippen LogP contribution in [0.3, 0.4) is 0 Å². The number of carbonyl (C=O) groups is 1. The standard InChI is InChI=1S/C13H16F3NO2/c1-2-3-9-4-6-10(7-5-9)17-8-11(12(18)19)13(14,15)16/h4-7,11,17H,2-3,8H2,1H3,(H,18,19). The van der Waals surface area contributed by atoms with E-state index in [-0.39, 0.29) is 0 Å². The average molecular weight is 275 g/mol. The van der Waals surface area contributed by atoms with Gasteiger partial charge in [0.05, 0.1) is 0 Å². The van der Waals surface area contributed by atoms with Gasteiger partial charge in [-0.25, -0.2) is 0 Å². The van der Waals surface area contributed by atoms with Crippen molar-refractivity contribution in [3.63, 3.8) is 0 Å². The summed E-state index contributed by atoms with van der Waals surface area (Å²) in [5.41, 5.74) is 1.58. The van der Waals surface area contributed by atoms with Gasteiger partial charge in [-0.15, -0.1) is 0 Å². The average Bonchev–Trinajstić information content (AvgIpc) is 2.29. The smallest absolute Gasteiger partial charge is 0.403 e. The van der Waals surface area contributed by atoms with E-state index in [9.17, 15) is 18.0 Å². The normalized spacial score (nSPS) is 13.1. The van der Waals surface area contributed by atoms with Crippen LogP contribution in [0.5, 0.6) is 0 Å². The Morgan fingerprint density at radius 2 is 1.89 bits per heavy atom. The quantitative estimate of drug-likeness (QED) is 0.837. The lowest BCUT2D eigenvalue weighted by Gasteiger charge is -2.17. The summed E-state index contributed by atoms with van der Waals surface area (Å²) in [6, 6.07) is 6.94. The van der Waals surface area contributed by atoms with Crippen molar-refractivity contribution in [3.8, 4) is 0 Å². The first-order valence-electron chi connectivity index (χ1n) is 5.97. The maximum absolute atomic E-state index is 12.4. The number of halogens is 3. The van der Waals surface area contributed by atoms with E-state index in [2.05, 4.69) is 5.32 Å². The van der Waals surface area contributed by atoms with E-state index >= 15 is 0 Å². The number of nitrogens with one attached hydrogen (secondary N) is 1. The Morgan fingerprint density at radius 1 is 1.32 bits per heavy atom. The Bertz CT molecular complexity index is 415. The molecule has 2 N–H and O–H groups in total. The molecule has 0 amide bonds. The second-order valence-corrected chi connectivity index (χ2v) is 4.26. The Labute approximate surface area is 109 Å². The summed E-state index contributed by atoms with van der Waals surface area (Å²) >= 11 is 0. The molecule has 19 heavy (non-hydrogen) atoms. The molecule has 0 aromatic heterocycles. The first kappa shape index (κ1) is 15.3. The highest BCUT2D eigenvalue weighted by Crippen LogP contribution is 2.26. The third kappa shape index (κ3) is 4.81. The Morgan fingerprint density at radius 3 is 2.32 bits per heavy atom. The molecule has 0 radical (unpaired) electrons. The molecule has 106 valence electrons. The molecule has 1 aromatic rings. The molecule has 0 fully saturated rings. The first-order chi connectivity index (χ1) is 8.84. The molecule has 0 aliphatic heterocycles. The molecule has 0 heterocycles. The van der Waals surface area contributed by atoms with Crippen LogP contribution in [-0.4, -0.2) is 23.8 Å². The lowest BCUT2D eigenvalue weighted by atomic mass is 10.1. The van der Waals surface area contributed by atoms with E-state index in [1.54, 1.807) is 12.1 Å². The topological polar surface area (TPSA) is 49.3 Å². The summed E-state index contributed by atoms with van der Waals surface area (Å²) in [5.74, 6) is -4.27. The molecule has 0 aliphatic rings. The molecule has 1 unspecified atom stereocenters. The molecule has 0 spiro atoms. The summed E-state index contributed by atoms with van der Waals surface area (Å²) in [6.45, 7) is 1.36. The molecule has 0 aliphatic carbocycles. The van der Waals surface area contributed by atoms with Gasteiger partial charge in [0.1, 0.15) is 0 Å². The van der Waals surface area contributed by atoms with Gasteiger partial charge in [-0.3, -0.25) is 4.79 Å². The molecular formula is C13H16F3NO2. The second-order valence-electron chi connectivity index (χ2n) is 4.26. The van der Waals surface area contributed by atoms with Crippen molar-refractivity contribution >= 4 is 11.7 Å². The van der Waals surface area contributed by atoms with E-state index in [1.165, 1.54) is 0 Å². The van der Waals surface area contributed by atoms with Gasteiger partial charge in [0.25, 0.3) is 0 Å². The largest absolute Gasteiger partial charge is 0.481 e. The van der Waals surface area contributed by atoms with Crippen LogP contribution < -0.4 is 5.32 Å². The minimum Gasteiger partial charge on any atom is -0.481 e. The van der Waals surface area contributed by atoms with E-state index in [1.807, 2.05) is 19.1 Å². The number of hydrogen-bond acceptors (Lipinski definition) is 2. The van der Waals surface area contributed by atoms with Crippen LogP contribution in [0.1, 0.15) is 18.9 Å². The third-order valence-electron chi connectivity index (χ3n) is 2.70. The summed E-state index contributed by atoms with van der Waals surface area (Å²) in [4.78, 5) is 10.5. The number of benzene rings is 1. The Balaban J connectivity index is 2.62. The van der Waals surface area contributed by atoms with Gasteiger partial charge in [0, 0.05) is 12.2 Å². The van der Waals surface area contributed by atoms with E-state index in [0.717, 1.165) is 18.4 Å². The summed E-state index contributed by atoms with van der Waals surface area (Å²) in [5, 5.41) is 11.0. The van der Waals surface area contributed by atoms with Crippen LogP contribution in [0.4, 0.5) is 18.9 Å². The lowest BCUT2D eigenvalue weighted by Crippen LogP contribution is -2.36. The highest BCUT2D eigenvalue weighted by molar-refractivity contribution is 5.71. The number of anilines is 1. The molecule has 0 bridgehead atoms. The van der Waals surface area contributed by atoms with E-state index in [0.29, 0.717) is 5.69 Å². The van der Waals surface area contributed by atoms with Crippen molar-refractivity contribution in [1.82, 2.24) is 0 Å². The molecule has 1 aromatic carbocycles. The number of carboxylic acid groups (broad SMARTS) is 1. The van der Waals surface area contributed by atoms with Crippen molar-refractivity contribution in [2.75, 3.05) is 11.9 Å². The number of alkyl halides is 3. The Kier molecular flexibility index (Phi) is 5.20. The second kappa shape index (κ2) is 6.45. The van der Waals surface area contributed by atoms with Crippen LogP contribution in [0.15, 0.2) is 24.3 Å². The van der Waals surface area contributed by atoms with Crippen LogP contribution in [0.25, 0.3) is 0 Å². The van der Waals surface area contributed by atoms with Crippen molar-refractivity contribution in [1.29, 1.82) is 0 Å². The summed E-state index contributed by atoms with van der Waals surface area (Å²) < 4.78 is 37.3. The van der Waals surface area contributed by atoms with Crippen molar-refractivity contribution < 1.29 is 23.1 Å². The zero-order chi connectivity index (χ0) is 14.5. The van der Waals surface area contributed by atoms with Gasteiger partial charge in [-0.2, -0.15) is 13.2 Å². The van der Waals surface area contributed by atoms with Gasteiger partial charge in [-0.05, 0) is 24.1 Å². The predicted molar refractivity (Wildman–Crippen MR) is 66.1 cm³/mol. The monoisotopic (exact) mass is 275 g/mol. The third-order valence-corrected chi connectivity index (χ3v) is 2.70. The van der Waals surface area contributed by atoms with Crippen molar-refractivity contribution in [2.45, 2.75) is 25.9 Å². The minimum atomic E-state index is -4.75. The molecule has 6 heteroatoms. The van der Waals surface area contributed by atoms with Crippen LogP contribution in [-0.2, 0) is 11.2 Å². The molecular weight excluding hydrogens is 259 g/mol. The van der Waals surface area contributed by atoms with Crippen LogP contribution in [0, 0.1) is 5.92 Å². The zero-order valence-electron chi connectivity index (χ0n) is 10.5. The summed E-state index contributed by atoms with van der Waals surface area (Å²) in [6.07, 6.45) is -2.86. The fourth-order valence-electron chi connectivity index (χ4n) is 1.64. The van der Waals surface area contributed by atoms with Crippen LogP contribution >= 0.6 is 0 Å². The molecule has 0 saturated heterocycles. The maximum Gasteiger partial charge on any atom is 0.403 e. The number of aryl methyl sites for hydroxylation is 1. The fraction of sp³-hybridized carbons (Fsp3) is 0.462. The van der Waals surface area contributed by atoms with Gasteiger partial charge < -0.3 is 10.4 Å². The summed E-state index contributed by atoms with van der Waals surface area (Å²) in [7, 11) is 0. The van der Waals surface area contributed by atoms with Crippen LogP contribution in [0.2, 0.25) is 0 Å². The highest BCUT2D eigenvalue weighted by Gasteiger charge is 2.44. The number of rotatable bonds is 6. The van der Waals surface area contributed by atoms with Gasteiger partial charge in [-0.1, -0.05) is 25.5 Å². The fourth-order valence-corrected chi connectivity index (χ4v) is 1.64. The van der Waals surface area contributed by atoms with E-state index < -0.39 is 24.6 Å². The minimum absolute atomic E-state index is 0.482. The maximum atomic E-state index is 12.4. The highest BCUT2D eigenvalue weighted by atomic mass is 19.4. The van der Waals surface area contributed by atoms with Crippen molar-refractivity contribution in [2.24, 2.45) is 5.92 Å². The number of hydrogen-bond donors (Lipinski definition) is 2. The van der Waals surface area contributed by atoms with E-state index in [4.69, 9.17) is 5.11 Å². The van der Waals surface area contributed by atoms with Crippen molar-refractivity contribution in [3.05, 3.63) is 29.8 Å². The van der Waals surface area contributed by atoms with Gasteiger partial charge >= 0.3 is 12.1 Å². The number of aliphatic carboxylic acids is 1. The molecule has 3 nitrogen and oxygen atoms in total. The number of carboxylic acids is 1. The Hall–Kier alpha value is -1.72. The SMILES string of the molecule is CCCc1ccc(NCC(C(=O)O)C(F)(F)F)cc1. The van der Waals surface area contributed by atoms with Gasteiger partial charge in [0.2, 0.25) is 0 Å². The molecule has 0 saturated carbocycles. The lowest BCUT2D eigenvalue weighted by molar-refractivity contribution is -0.190. The van der Waals surface area contributed by atoms with Gasteiger partial charge in [0.15, 0.2) is 5.92 Å². The predicted octanol–water partition coefficient (Wildman–Crippen LogP) is 3.31.